The van der Waals surface area contributed by atoms with Crippen LogP contribution >= 0.6 is 0 Å². The molecule has 0 spiro atoms. The van der Waals surface area contributed by atoms with E-state index in [1.807, 2.05) is 0 Å². The number of hydrogen-bond acceptors (Lipinski definition) is 2. The molecular weight excluding hydrogens is 701 g/mol. The van der Waals surface area contributed by atoms with E-state index in [9.17, 15) is 0 Å². The lowest BCUT2D eigenvalue weighted by Gasteiger charge is -2.34. The Labute approximate surface area is 338 Å². The molecule has 0 atom stereocenters. The van der Waals surface area contributed by atoms with Gasteiger partial charge >= 0.3 is 0 Å². The summed E-state index contributed by atoms with van der Waals surface area (Å²) in [5.41, 5.74) is 17.6. The normalized spacial score (nSPS) is 13.0. The van der Waals surface area contributed by atoms with E-state index in [4.69, 9.17) is 0 Å². The van der Waals surface area contributed by atoms with Crippen LogP contribution in [0.1, 0.15) is 22.3 Å². The van der Waals surface area contributed by atoms with Gasteiger partial charge in [0, 0.05) is 47.0 Å². The van der Waals surface area contributed by atoms with Crippen molar-refractivity contribution in [3.8, 4) is 22.3 Å². The molecule has 0 aromatic heterocycles. The SMILES string of the molecule is c1ccc(-c2c3cc(N4c5ccccc5Cc5ccccc54)ccc3c(-c3cccc4ccccc34)c3ccc(N4c5ccccc5Cc5ccccc54)cc23)cc1. The Kier molecular flexibility index (Phi) is 7.39. The van der Waals surface area contributed by atoms with Gasteiger partial charge in [-0.1, -0.05) is 158 Å². The molecular formula is C56H38N2. The summed E-state index contributed by atoms with van der Waals surface area (Å²) < 4.78 is 0. The van der Waals surface area contributed by atoms with Crippen LogP contribution in [0.4, 0.5) is 34.1 Å². The third-order valence-electron chi connectivity index (χ3n) is 12.4. The van der Waals surface area contributed by atoms with Crippen LogP contribution in [0.15, 0.2) is 206 Å². The average Bonchev–Trinajstić information content (AvgIpc) is 3.29. The van der Waals surface area contributed by atoms with Crippen molar-refractivity contribution in [1.82, 2.24) is 0 Å². The molecule has 12 rings (SSSR count). The lowest BCUT2D eigenvalue weighted by Crippen LogP contribution is -2.18. The van der Waals surface area contributed by atoms with Gasteiger partial charge in [-0.25, -0.2) is 0 Å². The molecule has 0 radical (unpaired) electrons. The minimum atomic E-state index is 0.924. The highest BCUT2D eigenvalue weighted by molar-refractivity contribution is 6.24. The van der Waals surface area contributed by atoms with E-state index in [0.29, 0.717) is 0 Å². The Morgan fingerprint density at radius 3 is 1.24 bits per heavy atom. The summed E-state index contributed by atoms with van der Waals surface area (Å²) in [6.45, 7) is 0. The van der Waals surface area contributed by atoms with E-state index in [0.717, 1.165) is 24.2 Å². The topological polar surface area (TPSA) is 6.48 Å². The molecule has 0 bridgehead atoms. The molecule has 2 heterocycles. The molecule has 272 valence electrons. The molecule has 0 saturated carbocycles. The number of para-hydroxylation sites is 4. The Morgan fingerprint density at radius 2 is 0.724 bits per heavy atom. The molecule has 2 nitrogen and oxygen atoms in total. The highest BCUT2D eigenvalue weighted by atomic mass is 15.2. The van der Waals surface area contributed by atoms with Gasteiger partial charge in [0.25, 0.3) is 0 Å². The summed E-state index contributed by atoms with van der Waals surface area (Å²) in [6.07, 6.45) is 1.85. The molecule has 0 unspecified atom stereocenters. The Balaban J connectivity index is 1.21. The molecule has 2 aliphatic rings. The van der Waals surface area contributed by atoms with E-state index in [-0.39, 0.29) is 0 Å². The van der Waals surface area contributed by atoms with E-state index < -0.39 is 0 Å². The van der Waals surface area contributed by atoms with Gasteiger partial charge in [-0.15, -0.1) is 0 Å². The van der Waals surface area contributed by atoms with Gasteiger partial charge in [-0.05, 0) is 125 Å². The minimum Gasteiger partial charge on any atom is -0.310 e. The second kappa shape index (κ2) is 13.1. The van der Waals surface area contributed by atoms with Crippen molar-refractivity contribution in [1.29, 1.82) is 0 Å². The molecule has 10 aromatic carbocycles. The first-order valence-electron chi connectivity index (χ1n) is 20.3. The van der Waals surface area contributed by atoms with Crippen LogP contribution in [0.25, 0.3) is 54.6 Å². The van der Waals surface area contributed by atoms with Gasteiger partial charge < -0.3 is 9.80 Å². The van der Waals surface area contributed by atoms with Gasteiger partial charge in [0.1, 0.15) is 0 Å². The first-order valence-corrected chi connectivity index (χ1v) is 20.3. The summed E-state index contributed by atoms with van der Waals surface area (Å²) in [6, 6.07) is 76.5. The number of hydrogen-bond donors (Lipinski definition) is 0. The van der Waals surface area contributed by atoms with Crippen LogP contribution < -0.4 is 9.80 Å². The standard InChI is InChI=1S/C56H38N2/c1-2-16-38(17-3-1)55-49-35-43(57-51-25-10-5-18-39(51)33-40-19-6-11-26-52(40)57)29-31-47(49)56(46-24-14-22-37-15-4-9-23-45(37)46)48-32-30-44(36-50(48)55)58-53-27-12-7-20-41(53)34-42-21-8-13-28-54(42)58/h1-32,35-36H,33-34H2. The van der Waals surface area contributed by atoms with E-state index in [2.05, 4.69) is 216 Å². The number of rotatable bonds is 4. The zero-order valence-corrected chi connectivity index (χ0v) is 31.9. The molecule has 10 aromatic rings. The van der Waals surface area contributed by atoms with Gasteiger partial charge in [0.05, 0.1) is 0 Å². The van der Waals surface area contributed by atoms with Crippen LogP contribution in [0.3, 0.4) is 0 Å². The molecule has 0 saturated heterocycles. The zero-order chi connectivity index (χ0) is 38.2. The minimum absolute atomic E-state index is 0.924. The van der Waals surface area contributed by atoms with Gasteiger partial charge in [-0.2, -0.15) is 0 Å². The predicted molar refractivity (Wildman–Crippen MR) is 245 cm³/mol. The van der Waals surface area contributed by atoms with Crippen molar-refractivity contribution in [2.24, 2.45) is 0 Å². The fraction of sp³-hybridized carbons (Fsp3) is 0.0357. The predicted octanol–water partition coefficient (Wildman–Crippen LogP) is 15.2. The van der Waals surface area contributed by atoms with Gasteiger partial charge in [-0.3, -0.25) is 0 Å². The van der Waals surface area contributed by atoms with Crippen molar-refractivity contribution in [3.63, 3.8) is 0 Å². The third kappa shape index (κ3) is 5.05. The van der Waals surface area contributed by atoms with Crippen molar-refractivity contribution >= 4 is 66.4 Å². The third-order valence-corrected chi connectivity index (χ3v) is 12.4. The van der Waals surface area contributed by atoms with Crippen LogP contribution in [-0.2, 0) is 12.8 Å². The van der Waals surface area contributed by atoms with Crippen LogP contribution in [0.2, 0.25) is 0 Å². The summed E-state index contributed by atoms with van der Waals surface area (Å²) >= 11 is 0. The largest absolute Gasteiger partial charge is 0.310 e. The average molecular weight is 739 g/mol. The molecule has 0 aliphatic carbocycles. The van der Waals surface area contributed by atoms with E-state index in [1.165, 1.54) is 99.6 Å². The fourth-order valence-corrected chi connectivity index (χ4v) is 9.87. The van der Waals surface area contributed by atoms with Crippen molar-refractivity contribution in [2.45, 2.75) is 12.8 Å². The summed E-state index contributed by atoms with van der Waals surface area (Å²) in [4.78, 5) is 4.95. The molecule has 2 heteroatoms. The fourth-order valence-electron chi connectivity index (χ4n) is 9.87. The number of anilines is 6. The first kappa shape index (κ1) is 32.8. The number of fused-ring (bicyclic) bond motifs is 7. The molecule has 2 aliphatic heterocycles. The Hall–Kier alpha value is -7.42. The second-order valence-corrected chi connectivity index (χ2v) is 15.6. The van der Waals surface area contributed by atoms with E-state index >= 15 is 0 Å². The Morgan fingerprint density at radius 1 is 0.293 bits per heavy atom. The first-order chi connectivity index (χ1) is 28.8. The zero-order valence-electron chi connectivity index (χ0n) is 31.9. The molecule has 58 heavy (non-hydrogen) atoms. The smallest absolute Gasteiger partial charge is 0.0497 e. The van der Waals surface area contributed by atoms with Gasteiger partial charge in [0.2, 0.25) is 0 Å². The maximum Gasteiger partial charge on any atom is 0.0497 e. The maximum absolute atomic E-state index is 2.47. The van der Waals surface area contributed by atoms with Crippen molar-refractivity contribution in [3.05, 3.63) is 229 Å². The molecule has 0 amide bonds. The van der Waals surface area contributed by atoms with Crippen molar-refractivity contribution < 1.29 is 0 Å². The van der Waals surface area contributed by atoms with Crippen molar-refractivity contribution in [2.75, 3.05) is 9.80 Å². The second-order valence-electron chi connectivity index (χ2n) is 15.6. The monoisotopic (exact) mass is 738 g/mol. The summed E-state index contributed by atoms with van der Waals surface area (Å²) in [5.74, 6) is 0. The molecule has 0 fully saturated rings. The van der Waals surface area contributed by atoms with Crippen LogP contribution in [0, 0.1) is 0 Å². The highest BCUT2D eigenvalue weighted by Gasteiger charge is 2.28. The highest BCUT2D eigenvalue weighted by Crippen LogP contribution is 2.51. The van der Waals surface area contributed by atoms with Crippen LogP contribution in [0.5, 0.6) is 0 Å². The number of benzene rings is 10. The lowest BCUT2D eigenvalue weighted by atomic mass is 9.84. The summed E-state index contributed by atoms with van der Waals surface area (Å²) in [7, 11) is 0. The van der Waals surface area contributed by atoms with Crippen LogP contribution in [-0.4, -0.2) is 0 Å². The summed E-state index contributed by atoms with van der Waals surface area (Å²) in [5, 5.41) is 7.45. The van der Waals surface area contributed by atoms with Gasteiger partial charge in [0.15, 0.2) is 0 Å². The maximum atomic E-state index is 2.47. The quantitative estimate of drug-likeness (QED) is 0.166. The number of nitrogens with zero attached hydrogens (tertiary/aromatic N) is 2. The molecule has 0 N–H and O–H groups in total. The Bertz CT molecular complexity index is 3000. The lowest BCUT2D eigenvalue weighted by molar-refractivity contribution is 1.09. The van der Waals surface area contributed by atoms with E-state index in [1.54, 1.807) is 0 Å².